The summed E-state index contributed by atoms with van der Waals surface area (Å²) in [7, 11) is 2.87. The lowest BCUT2D eigenvalue weighted by molar-refractivity contribution is -0.122. The third-order valence-electron chi connectivity index (χ3n) is 4.87. The maximum Gasteiger partial charge on any atom is 0.332 e. The number of halogens is 1. The van der Waals surface area contributed by atoms with Gasteiger partial charge < -0.3 is 5.32 Å². The van der Waals surface area contributed by atoms with Gasteiger partial charge in [0.1, 0.15) is 6.54 Å². The molecule has 154 valence electrons. The minimum Gasteiger partial charge on any atom is -0.343 e. The van der Waals surface area contributed by atoms with Crippen molar-refractivity contribution in [2.45, 2.75) is 12.6 Å². The molecule has 0 saturated heterocycles. The topological polar surface area (TPSA) is 90.9 Å². The van der Waals surface area contributed by atoms with Crippen molar-refractivity contribution in [3.63, 3.8) is 0 Å². The number of aromatic nitrogens is 4. The number of aryl methyl sites for hydroxylation is 1. The van der Waals surface area contributed by atoms with E-state index < -0.39 is 11.2 Å². The quantitative estimate of drug-likeness (QED) is 0.478. The largest absolute Gasteiger partial charge is 0.343 e. The average Bonchev–Trinajstić information content (AvgIpc) is 3.38. The molecule has 4 aromatic rings. The molecule has 3 aromatic heterocycles. The number of hydrogen-bond donors (Lipinski definition) is 1. The van der Waals surface area contributed by atoms with E-state index >= 15 is 0 Å². The van der Waals surface area contributed by atoms with E-state index in [1.165, 1.54) is 34.6 Å². The maximum absolute atomic E-state index is 12.9. The molecule has 1 atom stereocenters. The zero-order chi connectivity index (χ0) is 21.4. The van der Waals surface area contributed by atoms with Crippen LogP contribution in [0.25, 0.3) is 11.2 Å². The number of carbonyl (C=O) groups excluding carboxylic acids is 1. The molecule has 0 fully saturated rings. The van der Waals surface area contributed by atoms with Crippen LogP contribution in [0.5, 0.6) is 0 Å². The number of thiophene rings is 1. The number of benzene rings is 1. The number of nitrogens with zero attached hydrogens (tertiary/aromatic N) is 4. The van der Waals surface area contributed by atoms with Gasteiger partial charge in [0, 0.05) is 19.0 Å². The highest BCUT2D eigenvalue weighted by atomic mass is 35.5. The number of fused-ring (bicyclic) bond motifs is 1. The number of amides is 1. The molecular weight excluding hydrogens is 426 g/mol. The summed E-state index contributed by atoms with van der Waals surface area (Å²) in [6.07, 6.45) is 0. The average molecular weight is 444 g/mol. The van der Waals surface area contributed by atoms with Crippen molar-refractivity contribution in [2.75, 3.05) is 0 Å². The van der Waals surface area contributed by atoms with Crippen molar-refractivity contribution < 1.29 is 4.79 Å². The molecule has 0 radical (unpaired) electrons. The van der Waals surface area contributed by atoms with Crippen LogP contribution in [0.2, 0.25) is 5.28 Å². The van der Waals surface area contributed by atoms with Crippen LogP contribution in [0.1, 0.15) is 16.5 Å². The zero-order valence-corrected chi connectivity index (χ0v) is 17.8. The lowest BCUT2D eigenvalue weighted by Crippen LogP contribution is -2.38. The van der Waals surface area contributed by atoms with E-state index in [1.54, 1.807) is 0 Å². The van der Waals surface area contributed by atoms with Gasteiger partial charge in [-0.2, -0.15) is 4.98 Å². The fourth-order valence-electron chi connectivity index (χ4n) is 3.33. The molecule has 1 aromatic carbocycles. The Hall–Kier alpha value is -3.17. The van der Waals surface area contributed by atoms with Crippen LogP contribution in [0.15, 0.2) is 57.4 Å². The monoisotopic (exact) mass is 443 g/mol. The van der Waals surface area contributed by atoms with Gasteiger partial charge in [0.25, 0.3) is 5.56 Å². The van der Waals surface area contributed by atoms with E-state index in [-0.39, 0.29) is 34.9 Å². The molecule has 0 saturated carbocycles. The summed E-state index contributed by atoms with van der Waals surface area (Å²) in [5.41, 5.74) is 0.109. The summed E-state index contributed by atoms with van der Waals surface area (Å²) < 4.78 is 3.52. The normalized spacial score (nSPS) is 12.2. The Morgan fingerprint density at radius 3 is 2.53 bits per heavy atom. The number of nitrogens with one attached hydrogen (secondary N) is 1. The molecule has 0 bridgehead atoms. The van der Waals surface area contributed by atoms with Crippen LogP contribution < -0.4 is 16.6 Å². The predicted octanol–water partition coefficient (Wildman–Crippen LogP) is 2.05. The molecule has 10 heteroatoms. The van der Waals surface area contributed by atoms with Gasteiger partial charge in [-0.3, -0.25) is 23.3 Å². The molecule has 0 spiro atoms. The standard InChI is InChI=1S/C20H18ClN5O3S/c1-24-17-16(18(28)25(2)20(24)29)26(19(21)23-17)11-14(27)22-15(13-9-6-10-30-13)12-7-4-3-5-8-12/h3-10,15H,11H2,1-2H3,(H,22,27)/t15-/m0/s1. The van der Waals surface area contributed by atoms with Crippen molar-refractivity contribution in [2.24, 2.45) is 14.1 Å². The summed E-state index contributed by atoms with van der Waals surface area (Å²) in [6, 6.07) is 13.2. The highest BCUT2D eigenvalue weighted by Gasteiger charge is 2.22. The molecule has 0 aliphatic heterocycles. The molecule has 3 heterocycles. The van der Waals surface area contributed by atoms with Gasteiger partial charge in [0.05, 0.1) is 6.04 Å². The van der Waals surface area contributed by atoms with Gasteiger partial charge in [0.2, 0.25) is 11.2 Å². The van der Waals surface area contributed by atoms with E-state index in [0.717, 1.165) is 15.0 Å². The summed E-state index contributed by atoms with van der Waals surface area (Å²) in [6.45, 7) is -0.211. The fourth-order valence-corrected chi connectivity index (χ4v) is 4.36. The summed E-state index contributed by atoms with van der Waals surface area (Å²) in [5.74, 6) is -0.339. The van der Waals surface area contributed by atoms with Gasteiger partial charge in [0.15, 0.2) is 11.2 Å². The Bertz CT molecular complexity index is 1340. The van der Waals surface area contributed by atoms with Gasteiger partial charge in [-0.15, -0.1) is 11.3 Å². The molecule has 0 aliphatic carbocycles. The van der Waals surface area contributed by atoms with Crippen molar-refractivity contribution in [1.29, 1.82) is 0 Å². The highest BCUT2D eigenvalue weighted by molar-refractivity contribution is 7.10. The summed E-state index contributed by atoms with van der Waals surface area (Å²) in [5, 5.41) is 4.92. The van der Waals surface area contributed by atoms with E-state index in [0.29, 0.717) is 0 Å². The van der Waals surface area contributed by atoms with E-state index in [1.807, 2.05) is 47.8 Å². The number of imidazole rings is 1. The van der Waals surface area contributed by atoms with Crippen molar-refractivity contribution in [1.82, 2.24) is 24.0 Å². The molecule has 0 unspecified atom stereocenters. The predicted molar refractivity (Wildman–Crippen MR) is 116 cm³/mol. The Morgan fingerprint density at radius 2 is 1.87 bits per heavy atom. The molecule has 30 heavy (non-hydrogen) atoms. The molecule has 8 nitrogen and oxygen atoms in total. The zero-order valence-electron chi connectivity index (χ0n) is 16.2. The molecule has 4 rings (SSSR count). The van der Waals surface area contributed by atoms with Crippen molar-refractivity contribution in [3.8, 4) is 0 Å². The first-order valence-corrected chi connectivity index (χ1v) is 10.3. The Balaban J connectivity index is 1.70. The third kappa shape index (κ3) is 3.46. The van der Waals surface area contributed by atoms with Gasteiger partial charge in [-0.05, 0) is 28.6 Å². The third-order valence-corrected chi connectivity index (χ3v) is 6.09. The first kappa shape index (κ1) is 20.1. The van der Waals surface area contributed by atoms with Crippen LogP contribution in [0.4, 0.5) is 0 Å². The second-order valence-electron chi connectivity index (χ2n) is 6.77. The van der Waals surface area contributed by atoms with Crippen LogP contribution in [-0.4, -0.2) is 24.6 Å². The van der Waals surface area contributed by atoms with E-state index in [9.17, 15) is 14.4 Å². The first-order chi connectivity index (χ1) is 14.4. The Kier molecular flexibility index (Phi) is 5.31. The molecule has 0 aliphatic rings. The van der Waals surface area contributed by atoms with Crippen molar-refractivity contribution in [3.05, 3.63) is 84.4 Å². The lowest BCUT2D eigenvalue weighted by atomic mass is 10.1. The van der Waals surface area contributed by atoms with Gasteiger partial charge in [-0.1, -0.05) is 36.4 Å². The number of rotatable bonds is 5. The number of hydrogen-bond acceptors (Lipinski definition) is 5. The number of carbonyl (C=O) groups is 1. The van der Waals surface area contributed by atoms with Crippen molar-refractivity contribution >= 4 is 40.0 Å². The Morgan fingerprint density at radius 1 is 1.13 bits per heavy atom. The summed E-state index contributed by atoms with van der Waals surface area (Å²) >= 11 is 7.76. The van der Waals surface area contributed by atoms with E-state index in [2.05, 4.69) is 10.3 Å². The molecule has 1 amide bonds. The maximum atomic E-state index is 12.9. The fraction of sp³-hybridized carbons (Fsp3) is 0.200. The van der Waals surface area contributed by atoms with Gasteiger partial charge >= 0.3 is 5.69 Å². The smallest absolute Gasteiger partial charge is 0.332 e. The summed E-state index contributed by atoms with van der Waals surface area (Å²) in [4.78, 5) is 42.8. The lowest BCUT2D eigenvalue weighted by Gasteiger charge is -2.18. The minimum atomic E-state index is -0.557. The van der Waals surface area contributed by atoms with Crippen LogP contribution in [0, 0.1) is 0 Å². The van der Waals surface area contributed by atoms with Crippen LogP contribution >= 0.6 is 22.9 Å². The van der Waals surface area contributed by atoms with Crippen LogP contribution in [0.3, 0.4) is 0 Å². The second-order valence-corrected chi connectivity index (χ2v) is 8.09. The molecule has 1 N–H and O–H groups in total. The van der Waals surface area contributed by atoms with Crippen LogP contribution in [-0.2, 0) is 25.4 Å². The highest BCUT2D eigenvalue weighted by Crippen LogP contribution is 2.26. The van der Waals surface area contributed by atoms with E-state index in [4.69, 9.17) is 11.6 Å². The molecular formula is C20H18ClN5O3S. The minimum absolute atomic E-state index is 0.0363. The first-order valence-electron chi connectivity index (χ1n) is 9.08. The SMILES string of the molecule is Cn1c(=O)c2c(nc(Cl)n2CC(=O)N[C@@H](c2ccccc2)c2cccs2)n(C)c1=O. The second kappa shape index (κ2) is 7.92. The Labute approximate surface area is 180 Å². The van der Waals surface area contributed by atoms with Gasteiger partial charge in [-0.25, -0.2) is 4.79 Å².